The van der Waals surface area contributed by atoms with Crippen molar-refractivity contribution in [2.75, 3.05) is 49.5 Å². The lowest BCUT2D eigenvalue weighted by atomic mass is 9.97. The Kier molecular flexibility index (Phi) is 8.35. The highest BCUT2D eigenvalue weighted by Crippen LogP contribution is 2.30. The van der Waals surface area contributed by atoms with Gasteiger partial charge < -0.3 is 15.1 Å². The van der Waals surface area contributed by atoms with E-state index in [1.165, 1.54) is 37.8 Å². The van der Waals surface area contributed by atoms with Crippen molar-refractivity contribution in [3.63, 3.8) is 0 Å². The molecule has 1 atom stereocenters. The number of anilines is 2. The molecule has 3 saturated heterocycles. The van der Waals surface area contributed by atoms with Crippen molar-refractivity contribution in [3.05, 3.63) is 47.7 Å². The minimum absolute atomic E-state index is 0.197. The molecule has 1 aromatic heterocycles. The lowest BCUT2D eigenvalue weighted by Crippen LogP contribution is -2.52. The fraction of sp³-hybridized carbons (Fsp3) is 0.607. The largest absolute Gasteiger partial charge is 0.416 e. The van der Waals surface area contributed by atoms with Gasteiger partial charge in [0, 0.05) is 56.6 Å². The number of likely N-dealkylation sites (tertiary alicyclic amines) is 2. The van der Waals surface area contributed by atoms with Crippen LogP contribution in [0.1, 0.15) is 67.3 Å². The molecule has 7 nitrogen and oxygen atoms in total. The van der Waals surface area contributed by atoms with Gasteiger partial charge >= 0.3 is 6.18 Å². The number of benzene rings is 1. The Balaban J connectivity index is 1.12. The maximum absolute atomic E-state index is 12.9. The molecule has 0 bridgehead atoms. The SMILES string of the molecule is O=C(c1ccc(C(F)(F)F)cc1)N1CCC(N2CCCC(Nc3nccc(N4CCCCCC4)n3)C2)CC1. The van der Waals surface area contributed by atoms with Crippen molar-refractivity contribution >= 4 is 17.7 Å². The lowest BCUT2D eigenvalue weighted by Gasteiger charge is -2.42. The average molecular weight is 531 g/mol. The van der Waals surface area contributed by atoms with Crippen molar-refractivity contribution < 1.29 is 18.0 Å². The van der Waals surface area contributed by atoms with Crippen molar-refractivity contribution in [3.8, 4) is 0 Å². The summed E-state index contributed by atoms with van der Waals surface area (Å²) < 4.78 is 38.5. The molecule has 1 aromatic carbocycles. The average Bonchev–Trinajstić information content (AvgIpc) is 3.23. The third-order valence-electron chi connectivity index (χ3n) is 8.08. The number of amides is 1. The quantitative estimate of drug-likeness (QED) is 0.583. The van der Waals surface area contributed by atoms with Crippen LogP contribution in [-0.2, 0) is 6.18 Å². The highest BCUT2D eigenvalue weighted by atomic mass is 19.4. The molecule has 3 aliphatic heterocycles. The normalized spacial score (nSPS) is 22.2. The molecule has 3 fully saturated rings. The number of carbonyl (C=O) groups excluding carboxylic acids is 1. The molecular formula is C28H37F3N6O. The zero-order chi connectivity index (χ0) is 26.5. The predicted octanol–water partition coefficient (Wildman–Crippen LogP) is 5.06. The molecule has 38 heavy (non-hydrogen) atoms. The number of halogens is 3. The number of rotatable bonds is 5. The van der Waals surface area contributed by atoms with E-state index in [2.05, 4.69) is 20.1 Å². The molecule has 0 spiro atoms. The first kappa shape index (κ1) is 26.7. The van der Waals surface area contributed by atoms with Crippen molar-refractivity contribution in [1.29, 1.82) is 0 Å². The molecule has 206 valence electrons. The second-order valence-corrected chi connectivity index (χ2v) is 10.7. The van der Waals surface area contributed by atoms with Gasteiger partial charge in [0.15, 0.2) is 0 Å². The van der Waals surface area contributed by atoms with Gasteiger partial charge in [-0.1, -0.05) is 12.8 Å². The van der Waals surface area contributed by atoms with Gasteiger partial charge in [0.25, 0.3) is 5.91 Å². The molecule has 0 saturated carbocycles. The van der Waals surface area contributed by atoms with Gasteiger partial charge in [-0.25, -0.2) is 4.98 Å². The summed E-state index contributed by atoms with van der Waals surface area (Å²) >= 11 is 0. The van der Waals surface area contributed by atoms with Crippen LogP contribution in [0.3, 0.4) is 0 Å². The van der Waals surface area contributed by atoms with Crippen LogP contribution >= 0.6 is 0 Å². The summed E-state index contributed by atoms with van der Waals surface area (Å²) in [6.45, 7) is 5.26. The van der Waals surface area contributed by atoms with E-state index >= 15 is 0 Å². The Hall–Kier alpha value is -2.88. The zero-order valence-corrected chi connectivity index (χ0v) is 21.8. The fourth-order valence-electron chi connectivity index (χ4n) is 5.95. The number of hydrogen-bond acceptors (Lipinski definition) is 6. The van der Waals surface area contributed by atoms with Crippen LogP contribution in [0.15, 0.2) is 36.5 Å². The summed E-state index contributed by atoms with van der Waals surface area (Å²) in [5.41, 5.74) is -0.429. The monoisotopic (exact) mass is 530 g/mol. The van der Waals surface area contributed by atoms with Gasteiger partial charge in [-0.05, 0) is 75.4 Å². The molecule has 5 rings (SSSR count). The van der Waals surface area contributed by atoms with Gasteiger partial charge in [-0.3, -0.25) is 9.69 Å². The molecule has 1 amide bonds. The van der Waals surface area contributed by atoms with E-state index < -0.39 is 11.7 Å². The van der Waals surface area contributed by atoms with Crippen molar-refractivity contribution in [2.24, 2.45) is 0 Å². The number of nitrogens with zero attached hydrogens (tertiary/aromatic N) is 5. The highest BCUT2D eigenvalue weighted by molar-refractivity contribution is 5.94. The van der Waals surface area contributed by atoms with E-state index in [1.807, 2.05) is 12.3 Å². The van der Waals surface area contributed by atoms with E-state index in [1.54, 1.807) is 4.90 Å². The van der Waals surface area contributed by atoms with Gasteiger partial charge in [0.2, 0.25) is 5.95 Å². The van der Waals surface area contributed by atoms with Crippen LogP contribution in [-0.4, -0.2) is 77.0 Å². The van der Waals surface area contributed by atoms with E-state index in [0.717, 1.165) is 69.8 Å². The van der Waals surface area contributed by atoms with Crippen molar-refractivity contribution in [2.45, 2.75) is 69.6 Å². The summed E-state index contributed by atoms with van der Waals surface area (Å²) in [5, 5.41) is 3.57. The van der Waals surface area contributed by atoms with Crippen LogP contribution in [0.2, 0.25) is 0 Å². The number of aromatic nitrogens is 2. The molecule has 0 aliphatic carbocycles. The summed E-state index contributed by atoms with van der Waals surface area (Å²) in [7, 11) is 0. The Morgan fingerprint density at radius 1 is 0.868 bits per heavy atom. The Morgan fingerprint density at radius 3 is 2.26 bits per heavy atom. The van der Waals surface area contributed by atoms with Crippen LogP contribution in [0.25, 0.3) is 0 Å². The van der Waals surface area contributed by atoms with Crippen LogP contribution in [0.4, 0.5) is 24.9 Å². The van der Waals surface area contributed by atoms with Crippen LogP contribution in [0.5, 0.6) is 0 Å². The molecule has 10 heteroatoms. The lowest BCUT2D eigenvalue weighted by molar-refractivity contribution is -0.137. The molecule has 1 unspecified atom stereocenters. The number of carbonyl (C=O) groups is 1. The van der Waals surface area contributed by atoms with E-state index in [9.17, 15) is 18.0 Å². The molecule has 1 N–H and O–H groups in total. The second kappa shape index (κ2) is 11.9. The number of alkyl halides is 3. The van der Waals surface area contributed by atoms with Crippen molar-refractivity contribution in [1.82, 2.24) is 19.8 Å². The summed E-state index contributed by atoms with van der Waals surface area (Å²) in [6.07, 6.45) is 6.31. The smallest absolute Gasteiger partial charge is 0.356 e. The summed E-state index contributed by atoms with van der Waals surface area (Å²) in [4.78, 5) is 28.8. The maximum atomic E-state index is 12.9. The zero-order valence-electron chi connectivity index (χ0n) is 21.8. The van der Waals surface area contributed by atoms with Gasteiger partial charge in [-0.2, -0.15) is 18.2 Å². The summed E-state index contributed by atoms with van der Waals surface area (Å²) in [6, 6.07) is 7.19. The molecule has 3 aliphatic rings. The first-order valence-electron chi connectivity index (χ1n) is 13.9. The molecule has 0 radical (unpaired) electrons. The van der Waals surface area contributed by atoms with Gasteiger partial charge in [0.1, 0.15) is 5.82 Å². The van der Waals surface area contributed by atoms with E-state index in [-0.39, 0.29) is 11.9 Å². The Morgan fingerprint density at radius 2 is 1.58 bits per heavy atom. The summed E-state index contributed by atoms with van der Waals surface area (Å²) in [5.74, 6) is 1.49. The number of piperidine rings is 2. The topological polar surface area (TPSA) is 64.6 Å². The number of hydrogen-bond donors (Lipinski definition) is 1. The minimum atomic E-state index is -4.40. The predicted molar refractivity (Wildman–Crippen MR) is 141 cm³/mol. The molecule has 4 heterocycles. The Bertz CT molecular complexity index is 1060. The van der Waals surface area contributed by atoms with Gasteiger partial charge in [0.05, 0.1) is 5.56 Å². The first-order valence-corrected chi connectivity index (χ1v) is 13.9. The highest BCUT2D eigenvalue weighted by Gasteiger charge is 2.32. The first-order chi connectivity index (χ1) is 18.4. The van der Waals surface area contributed by atoms with Crippen LogP contribution < -0.4 is 10.2 Å². The second-order valence-electron chi connectivity index (χ2n) is 10.7. The molecular weight excluding hydrogens is 493 g/mol. The van der Waals surface area contributed by atoms with E-state index in [0.29, 0.717) is 30.6 Å². The van der Waals surface area contributed by atoms with E-state index in [4.69, 9.17) is 4.98 Å². The van der Waals surface area contributed by atoms with Crippen LogP contribution in [0, 0.1) is 0 Å². The molecule has 2 aromatic rings. The van der Waals surface area contributed by atoms with Gasteiger partial charge in [-0.15, -0.1) is 0 Å². The Labute approximate surface area is 222 Å². The third kappa shape index (κ3) is 6.57. The number of nitrogens with one attached hydrogen (secondary N) is 1. The fourth-order valence-corrected chi connectivity index (χ4v) is 5.95. The standard InChI is InChI=1S/C28H37F3N6O/c29-28(30,31)22-9-7-21(8-10-22)26(38)36-18-12-24(13-19-36)37-17-5-6-23(20-37)33-27-32-14-11-25(34-27)35-15-3-1-2-4-16-35/h7-11,14,23-24H,1-6,12-13,15-20H2,(H,32,33,34). The minimum Gasteiger partial charge on any atom is -0.356 e. The third-order valence-corrected chi connectivity index (χ3v) is 8.08. The maximum Gasteiger partial charge on any atom is 0.416 e.